The van der Waals surface area contributed by atoms with Crippen LogP contribution < -0.4 is 10.1 Å². The molecule has 0 saturated heterocycles. The molecule has 0 bridgehead atoms. The van der Waals surface area contributed by atoms with Gasteiger partial charge >= 0.3 is 6.61 Å². The Kier molecular flexibility index (Phi) is 5.49. The summed E-state index contributed by atoms with van der Waals surface area (Å²) in [6.45, 7) is -2.48. The zero-order valence-electron chi connectivity index (χ0n) is 9.80. The van der Waals surface area contributed by atoms with E-state index in [9.17, 15) is 8.78 Å². The Labute approximate surface area is 136 Å². The first-order chi connectivity index (χ1) is 9.45. The van der Waals surface area contributed by atoms with Gasteiger partial charge in [0.2, 0.25) is 0 Å². The Hall–Kier alpha value is -0.560. The lowest BCUT2D eigenvalue weighted by Gasteiger charge is -2.14. The van der Waals surface area contributed by atoms with E-state index < -0.39 is 6.61 Å². The number of nitrogens with one attached hydrogen (secondary N) is 1. The molecular formula is C12H8BrCl2F2NOS. The van der Waals surface area contributed by atoms with Crippen molar-refractivity contribution in [2.24, 2.45) is 0 Å². The second-order valence-corrected chi connectivity index (χ2v) is 6.45. The molecule has 1 N–H and O–H groups in total. The molecule has 1 heterocycles. The van der Waals surface area contributed by atoms with Gasteiger partial charge in [-0.15, -0.1) is 11.3 Å². The van der Waals surface area contributed by atoms with E-state index in [-0.39, 0.29) is 5.75 Å². The Morgan fingerprint density at radius 2 is 2.00 bits per heavy atom. The van der Waals surface area contributed by atoms with Gasteiger partial charge in [0.15, 0.2) is 5.75 Å². The second-order valence-electron chi connectivity index (χ2n) is 3.73. The number of thiophene rings is 1. The summed E-state index contributed by atoms with van der Waals surface area (Å²) in [5, 5.41) is 5.85. The van der Waals surface area contributed by atoms with Gasteiger partial charge in [0.1, 0.15) is 0 Å². The summed E-state index contributed by atoms with van der Waals surface area (Å²) in [6, 6.07) is 4.82. The number of hydrogen-bond acceptors (Lipinski definition) is 3. The summed E-state index contributed by atoms with van der Waals surface area (Å²) in [5.41, 5.74) is 0.384. The normalized spacial score (nSPS) is 10.9. The second kappa shape index (κ2) is 6.93. The first-order valence-corrected chi connectivity index (χ1v) is 7.79. The summed E-state index contributed by atoms with van der Waals surface area (Å²) < 4.78 is 29.7. The molecule has 0 aliphatic rings. The van der Waals surface area contributed by atoms with E-state index in [1.165, 1.54) is 23.5 Å². The van der Waals surface area contributed by atoms with Crippen molar-refractivity contribution >= 4 is 56.2 Å². The van der Waals surface area contributed by atoms with Gasteiger partial charge < -0.3 is 10.1 Å². The van der Waals surface area contributed by atoms with E-state index in [1.54, 1.807) is 11.4 Å². The maximum absolute atomic E-state index is 12.4. The zero-order valence-corrected chi connectivity index (χ0v) is 13.7. The minimum absolute atomic E-state index is 0.0204. The van der Waals surface area contributed by atoms with Crippen LogP contribution in [0.3, 0.4) is 0 Å². The Balaban J connectivity index is 2.20. The summed E-state index contributed by atoms with van der Waals surface area (Å²) in [6.07, 6.45) is 0. The summed E-state index contributed by atoms with van der Waals surface area (Å²) in [7, 11) is 0. The molecule has 0 aliphatic carbocycles. The Bertz CT molecular complexity index is 609. The number of benzene rings is 1. The van der Waals surface area contributed by atoms with Crippen LogP contribution in [0.5, 0.6) is 5.75 Å². The predicted molar refractivity (Wildman–Crippen MR) is 82.4 cm³/mol. The van der Waals surface area contributed by atoms with Crippen molar-refractivity contribution in [2.45, 2.75) is 13.2 Å². The average molecular weight is 403 g/mol. The highest BCUT2D eigenvalue weighted by atomic mass is 79.9. The number of rotatable bonds is 5. The predicted octanol–water partition coefficient (Wildman–Crippen LogP) is 6.03. The molecule has 8 heteroatoms. The molecule has 2 aromatic rings. The number of ether oxygens (including phenoxy) is 1. The van der Waals surface area contributed by atoms with Gasteiger partial charge in [-0.25, -0.2) is 0 Å². The summed E-state index contributed by atoms with van der Waals surface area (Å²) in [4.78, 5) is 0.967. The van der Waals surface area contributed by atoms with Crippen molar-refractivity contribution in [3.63, 3.8) is 0 Å². The highest BCUT2D eigenvalue weighted by Crippen LogP contribution is 2.38. The molecule has 20 heavy (non-hydrogen) atoms. The van der Waals surface area contributed by atoms with Gasteiger partial charge in [-0.05, 0) is 34.1 Å². The number of alkyl halides is 2. The third kappa shape index (κ3) is 4.22. The van der Waals surface area contributed by atoms with Crippen LogP contribution in [0, 0.1) is 0 Å². The monoisotopic (exact) mass is 401 g/mol. The summed E-state index contributed by atoms with van der Waals surface area (Å²) in [5.74, 6) is 0.0204. The van der Waals surface area contributed by atoms with Crippen LogP contribution in [-0.4, -0.2) is 6.61 Å². The SMILES string of the molecule is FC(F)Oc1c(Br)cc(Cl)cc1NCc1cc(Cl)cs1. The minimum Gasteiger partial charge on any atom is -0.431 e. The van der Waals surface area contributed by atoms with Crippen LogP contribution in [-0.2, 0) is 6.54 Å². The third-order valence-electron chi connectivity index (χ3n) is 2.29. The fraction of sp³-hybridized carbons (Fsp3) is 0.167. The number of hydrogen-bond donors (Lipinski definition) is 1. The van der Waals surface area contributed by atoms with E-state index in [0.717, 1.165) is 4.88 Å². The van der Waals surface area contributed by atoms with Crippen molar-refractivity contribution in [1.29, 1.82) is 0 Å². The zero-order chi connectivity index (χ0) is 14.7. The van der Waals surface area contributed by atoms with Gasteiger partial charge in [0.25, 0.3) is 0 Å². The number of anilines is 1. The van der Waals surface area contributed by atoms with Crippen LogP contribution in [0.4, 0.5) is 14.5 Å². The van der Waals surface area contributed by atoms with Gasteiger partial charge in [-0.3, -0.25) is 0 Å². The minimum atomic E-state index is -2.91. The van der Waals surface area contributed by atoms with Crippen LogP contribution in [0.1, 0.15) is 4.88 Å². The first kappa shape index (κ1) is 15.8. The highest BCUT2D eigenvalue weighted by molar-refractivity contribution is 9.10. The van der Waals surface area contributed by atoms with Crippen molar-refractivity contribution in [2.75, 3.05) is 5.32 Å². The summed E-state index contributed by atoms with van der Waals surface area (Å²) >= 11 is 16.4. The standard InChI is InChI=1S/C12H8BrCl2F2NOS/c13-9-2-6(14)3-10(11(9)19-12(16)17)18-4-8-1-7(15)5-20-8/h1-3,5,12,18H,4H2. The Morgan fingerprint density at radius 1 is 1.25 bits per heavy atom. The molecule has 0 atom stereocenters. The third-order valence-corrected chi connectivity index (χ3v) is 4.38. The van der Waals surface area contributed by atoms with Gasteiger partial charge in [-0.2, -0.15) is 8.78 Å². The first-order valence-electron chi connectivity index (χ1n) is 5.36. The Morgan fingerprint density at radius 3 is 2.60 bits per heavy atom. The maximum Gasteiger partial charge on any atom is 0.387 e. The fourth-order valence-electron chi connectivity index (χ4n) is 1.53. The van der Waals surface area contributed by atoms with Gasteiger partial charge in [-0.1, -0.05) is 23.2 Å². The van der Waals surface area contributed by atoms with Crippen molar-refractivity contribution in [3.05, 3.63) is 43.0 Å². The molecule has 2 nitrogen and oxygen atoms in total. The highest BCUT2D eigenvalue weighted by Gasteiger charge is 2.15. The molecule has 0 unspecified atom stereocenters. The average Bonchev–Trinajstić information content (AvgIpc) is 2.76. The van der Waals surface area contributed by atoms with Crippen molar-refractivity contribution < 1.29 is 13.5 Å². The van der Waals surface area contributed by atoms with E-state index in [1.807, 2.05) is 0 Å². The van der Waals surface area contributed by atoms with Gasteiger partial charge in [0, 0.05) is 21.8 Å². The van der Waals surface area contributed by atoms with Crippen LogP contribution in [0.15, 0.2) is 28.1 Å². The molecule has 0 aliphatic heterocycles. The lowest BCUT2D eigenvalue weighted by Crippen LogP contribution is -2.07. The smallest absolute Gasteiger partial charge is 0.387 e. The molecule has 0 spiro atoms. The van der Waals surface area contributed by atoms with E-state index in [0.29, 0.717) is 26.8 Å². The van der Waals surface area contributed by atoms with E-state index in [2.05, 4.69) is 26.0 Å². The molecule has 0 saturated carbocycles. The molecule has 2 rings (SSSR count). The molecule has 108 valence electrons. The molecule has 0 radical (unpaired) electrons. The quantitative estimate of drug-likeness (QED) is 0.659. The lowest BCUT2D eigenvalue weighted by atomic mass is 10.3. The topological polar surface area (TPSA) is 21.3 Å². The lowest BCUT2D eigenvalue weighted by molar-refractivity contribution is -0.0498. The molecule has 0 amide bonds. The van der Waals surface area contributed by atoms with Gasteiger partial charge in [0.05, 0.1) is 15.2 Å². The van der Waals surface area contributed by atoms with Crippen molar-refractivity contribution in [1.82, 2.24) is 0 Å². The molecule has 1 aromatic carbocycles. The van der Waals surface area contributed by atoms with Crippen LogP contribution in [0.2, 0.25) is 10.0 Å². The fourth-order valence-corrected chi connectivity index (χ4v) is 3.45. The molecule has 1 aromatic heterocycles. The van der Waals surface area contributed by atoms with E-state index >= 15 is 0 Å². The molecule has 0 fully saturated rings. The van der Waals surface area contributed by atoms with Crippen LogP contribution >= 0.6 is 50.5 Å². The molecular weight excluding hydrogens is 395 g/mol. The van der Waals surface area contributed by atoms with Crippen LogP contribution in [0.25, 0.3) is 0 Å². The van der Waals surface area contributed by atoms with Crippen molar-refractivity contribution in [3.8, 4) is 5.75 Å². The maximum atomic E-state index is 12.4. The van der Waals surface area contributed by atoms with E-state index in [4.69, 9.17) is 23.2 Å². The number of halogens is 5. The largest absolute Gasteiger partial charge is 0.431 e.